The molecule has 0 spiro atoms. The molecule has 1 aromatic rings. The van der Waals surface area contributed by atoms with Crippen LogP contribution < -0.4 is 5.48 Å². The predicted octanol–water partition coefficient (Wildman–Crippen LogP) is 1.53. The Bertz CT molecular complexity index is 293. The minimum Gasteiger partial charge on any atom is -0.381 e. The highest BCUT2D eigenvalue weighted by Gasteiger charge is 2.18. The second-order valence-corrected chi connectivity index (χ2v) is 3.95. The summed E-state index contributed by atoms with van der Waals surface area (Å²) in [5, 5.41) is 0. The predicted molar refractivity (Wildman–Crippen MR) is 58.3 cm³/mol. The van der Waals surface area contributed by atoms with Crippen LogP contribution in [0.1, 0.15) is 11.1 Å². The van der Waals surface area contributed by atoms with Crippen LogP contribution in [0, 0.1) is 5.92 Å². The van der Waals surface area contributed by atoms with Crippen molar-refractivity contribution in [2.24, 2.45) is 5.92 Å². The molecule has 0 atom stereocenters. The molecule has 3 heteroatoms. The maximum Gasteiger partial charge on any atom is 0.0572 e. The first-order valence-electron chi connectivity index (χ1n) is 5.30. The van der Waals surface area contributed by atoms with Gasteiger partial charge in [0.05, 0.1) is 20.3 Å². The standard InChI is InChI=1S/C12H17NO2/c1-14-13-7-11-4-2-10(3-5-11)6-12-8-15-9-12/h2-5,12-13H,6-9H2,1H3. The van der Waals surface area contributed by atoms with Crippen LogP contribution in [0.4, 0.5) is 0 Å². The van der Waals surface area contributed by atoms with Gasteiger partial charge in [-0.3, -0.25) is 0 Å². The van der Waals surface area contributed by atoms with E-state index >= 15 is 0 Å². The molecular formula is C12H17NO2. The summed E-state index contributed by atoms with van der Waals surface area (Å²) in [4.78, 5) is 4.80. The molecule has 2 rings (SSSR count). The van der Waals surface area contributed by atoms with Gasteiger partial charge in [0.2, 0.25) is 0 Å². The van der Waals surface area contributed by atoms with Gasteiger partial charge >= 0.3 is 0 Å². The second kappa shape index (κ2) is 5.26. The Balaban J connectivity index is 1.85. The van der Waals surface area contributed by atoms with E-state index in [0.717, 1.165) is 32.1 Å². The minimum atomic E-state index is 0.730. The third-order valence-electron chi connectivity index (χ3n) is 2.68. The first-order chi connectivity index (χ1) is 7.38. The number of hydrogen-bond donors (Lipinski definition) is 1. The lowest BCUT2D eigenvalue weighted by molar-refractivity contribution is -0.0312. The van der Waals surface area contributed by atoms with Crippen molar-refractivity contribution in [1.82, 2.24) is 5.48 Å². The van der Waals surface area contributed by atoms with Crippen LogP contribution in [0.3, 0.4) is 0 Å². The Morgan fingerprint density at radius 3 is 2.47 bits per heavy atom. The molecule has 0 aliphatic carbocycles. The molecule has 1 heterocycles. The topological polar surface area (TPSA) is 30.5 Å². The van der Waals surface area contributed by atoms with E-state index in [9.17, 15) is 0 Å². The van der Waals surface area contributed by atoms with Gasteiger partial charge in [-0.2, -0.15) is 5.48 Å². The van der Waals surface area contributed by atoms with Gasteiger partial charge in [0.1, 0.15) is 0 Å². The molecule has 1 N–H and O–H groups in total. The van der Waals surface area contributed by atoms with Crippen molar-refractivity contribution in [3.63, 3.8) is 0 Å². The maximum atomic E-state index is 5.16. The average Bonchev–Trinajstić information content (AvgIpc) is 2.22. The lowest BCUT2D eigenvalue weighted by Gasteiger charge is -2.25. The third kappa shape index (κ3) is 3.02. The fourth-order valence-corrected chi connectivity index (χ4v) is 1.68. The fraction of sp³-hybridized carbons (Fsp3) is 0.500. The van der Waals surface area contributed by atoms with E-state index < -0.39 is 0 Å². The van der Waals surface area contributed by atoms with E-state index in [1.54, 1.807) is 7.11 Å². The van der Waals surface area contributed by atoms with Crippen molar-refractivity contribution >= 4 is 0 Å². The van der Waals surface area contributed by atoms with Crippen molar-refractivity contribution < 1.29 is 9.57 Å². The van der Waals surface area contributed by atoms with Gasteiger partial charge in [-0.25, -0.2) is 0 Å². The lowest BCUT2D eigenvalue weighted by atomic mass is 9.97. The van der Waals surface area contributed by atoms with Crippen LogP contribution in [0.2, 0.25) is 0 Å². The summed E-state index contributed by atoms with van der Waals surface area (Å²) in [5.41, 5.74) is 5.46. The minimum absolute atomic E-state index is 0.730. The molecule has 0 unspecified atom stereocenters. The number of benzene rings is 1. The van der Waals surface area contributed by atoms with Crippen molar-refractivity contribution in [3.8, 4) is 0 Å². The van der Waals surface area contributed by atoms with Gasteiger partial charge < -0.3 is 9.57 Å². The van der Waals surface area contributed by atoms with Crippen molar-refractivity contribution in [2.75, 3.05) is 20.3 Å². The molecule has 3 nitrogen and oxygen atoms in total. The Labute approximate surface area is 90.3 Å². The summed E-state index contributed by atoms with van der Waals surface area (Å²) in [7, 11) is 1.63. The molecule has 1 saturated heterocycles. The number of hydroxylamine groups is 1. The van der Waals surface area contributed by atoms with Crippen molar-refractivity contribution in [1.29, 1.82) is 0 Å². The molecular weight excluding hydrogens is 190 g/mol. The van der Waals surface area contributed by atoms with E-state index in [1.165, 1.54) is 11.1 Å². The highest BCUT2D eigenvalue weighted by molar-refractivity contribution is 5.22. The molecule has 0 amide bonds. The summed E-state index contributed by atoms with van der Waals surface area (Å²) in [6.45, 7) is 2.60. The molecule has 1 aliphatic heterocycles. The highest BCUT2D eigenvalue weighted by Crippen LogP contribution is 2.17. The van der Waals surface area contributed by atoms with Gasteiger partial charge in [-0.05, 0) is 17.5 Å². The average molecular weight is 207 g/mol. The molecule has 82 valence electrons. The largest absolute Gasteiger partial charge is 0.381 e. The van der Waals surface area contributed by atoms with Crippen molar-refractivity contribution in [3.05, 3.63) is 35.4 Å². The summed E-state index contributed by atoms with van der Waals surface area (Å²) in [6, 6.07) is 8.65. The SMILES string of the molecule is CONCc1ccc(CC2COC2)cc1. The molecule has 1 fully saturated rings. The lowest BCUT2D eigenvalue weighted by Crippen LogP contribution is -2.29. The zero-order chi connectivity index (χ0) is 10.5. The van der Waals surface area contributed by atoms with E-state index in [0.29, 0.717) is 0 Å². The van der Waals surface area contributed by atoms with Gasteiger partial charge in [0.25, 0.3) is 0 Å². The monoisotopic (exact) mass is 207 g/mol. The van der Waals surface area contributed by atoms with Crippen LogP contribution in [-0.2, 0) is 22.5 Å². The number of ether oxygens (including phenoxy) is 1. The maximum absolute atomic E-state index is 5.16. The third-order valence-corrected chi connectivity index (χ3v) is 2.68. The molecule has 1 aromatic carbocycles. The fourth-order valence-electron chi connectivity index (χ4n) is 1.68. The van der Waals surface area contributed by atoms with Crippen LogP contribution >= 0.6 is 0 Å². The summed E-state index contributed by atoms with van der Waals surface area (Å²) in [6.07, 6.45) is 1.14. The molecule has 15 heavy (non-hydrogen) atoms. The first-order valence-corrected chi connectivity index (χ1v) is 5.30. The zero-order valence-corrected chi connectivity index (χ0v) is 9.03. The Kier molecular flexibility index (Phi) is 3.72. The molecule has 0 bridgehead atoms. The Morgan fingerprint density at radius 1 is 1.27 bits per heavy atom. The zero-order valence-electron chi connectivity index (χ0n) is 9.03. The summed E-state index contributed by atoms with van der Waals surface area (Å²) in [5.74, 6) is 0.730. The molecule has 0 radical (unpaired) electrons. The Morgan fingerprint density at radius 2 is 1.93 bits per heavy atom. The smallest absolute Gasteiger partial charge is 0.0572 e. The Hall–Kier alpha value is -0.900. The van der Waals surface area contributed by atoms with Gasteiger partial charge in [0, 0.05) is 12.5 Å². The molecule has 0 saturated carbocycles. The van der Waals surface area contributed by atoms with E-state index in [1.807, 2.05) is 0 Å². The number of hydrogen-bond acceptors (Lipinski definition) is 3. The normalized spacial score (nSPS) is 16.3. The van der Waals surface area contributed by atoms with Crippen LogP contribution in [0.25, 0.3) is 0 Å². The van der Waals surface area contributed by atoms with E-state index in [-0.39, 0.29) is 0 Å². The number of nitrogens with one attached hydrogen (secondary N) is 1. The van der Waals surface area contributed by atoms with Crippen LogP contribution in [0.15, 0.2) is 24.3 Å². The molecule has 1 aliphatic rings. The quantitative estimate of drug-likeness (QED) is 0.743. The highest BCUT2D eigenvalue weighted by atomic mass is 16.6. The van der Waals surface area contributed by atoms with E-state index in [2.05, 4.69) is 29.7 Å². The van der Waals surface area contributed by atoms with E-state index in [4.69, 9.17) is 9.57 Å². The van der Waals surface area contributed by atoms with Gasteiger partial charge in [0.15, 0.2) is 0 Å². The van der Waals surface area contributed by atoms with Crippen LogP contribution in [-0.4, -0.2) is 20.3 Å². The summed E-state index contributed by atoms with van der Waals surface area (Å²) >= 11 is 0. The van der Waals surface area contributed by atoms with Gasteiger partial charge in [-0.1, -0.05) is 24.3 Å². The van der Waals surface area contributed by atoms with Gasteiger partial charge in [-0.15, -0.1) is 0 Å². The first kappa shape index (κ1) is 10.6. The second-order valence-electron chi connectivity index (χ2n) is 3.95. The number of rotatable bonds is 5. The van der Waals surface area contributed by atoms with Crippen LogP contribution in [0.5, 0.6) is 0 Å². The summed E-state index contributed by atoms with van der Waals surface area (Å²) < 4.78 is 5.16. The van der Waals surface area contributed by atoms with Crippen molar-refractivity contribution in [2.45, 2.75) is 13.0 Å². The molecule has 0 aromatic heterocycles.